The van der Waals surface area contributed by atoms with Crippen LogP contribution in [0.2, 0.25) is 0 Å². The van der Waals surface area contributed by atoms with E-state index in [4.69, 9.17) is 0 Å². The van der Waals surface area contributed by atoms with Crippen molar-refractivity contribution in [2.75, 3.05) is 10.5 Å². The van der Waals surface area contributed by atoms with Crippen LogP contribution in [0.15, 0.2) is 16.9 Å². The van der Waals surface area contributed by atoms with Gasteiger partial charge in [0.2, 0.25) is 10.0 Å². The molecule has 0 spiro atoms. The van der Waals surface area contributed by atoms with Crippen molar-refractivity contribution in [1.29, 1.82) is 0 Å². The van der Waals surface area contributed by atoms with Gasteiger partial charge >= 0.3 is 0 Å². The van der Waals surface area contributed by atoms with Gasteiger partial charge in [0.25, 0.3) is 0 Å². The third-order valence-corrected chi connectivity index (χ3v) is 2.64. The minimum atomic E-state index is -3.23. The van der Waals surface area contributed by atoms with Crippen LogP contribution in [0.3, 0.4) is 0 Å². The molecule has 0 amide bonds. The lowest BCUT2D eigenvalue weighted by molar-refractivity contribution is 0.423. The molecule has 0 unspecified atom stereocenters. The minimum Gasteiger partial charge on any atom is -0.363 e. The van der Waals surface area contributed by atoms with Crippen LogP contribution in [0.5, 0.6) is 0 Å². The molecule has 0 atom stereocenters. The number of aromatic nitrogens is 1. The van der Waals surface area contributed by atoms with Crippen LogP contribution in [0, 0.1) is 0 Å². The monoisotopic (exact) mass is 190 g/mol. The zero-order valence-corrected chi connectivity index (χ0v) is 7.47. The molecule has 0 radical (unpaired) electrons. The van der Waals surface area contributed by atoms with E-state index in [-0.39, 0.29) is 11.6 Å². The molecule has 0 bridgehead atoms. The smallest absolute Gasteiger partial charge is 0.233 e. The van der Waals surface area contributed by atoms with Crippen LogP contribution in [-0.4, -0.2) is 19.3 Å². The van der Waals surface area contributed by atoms with Crippen LogP contribution >= 0.6 is 0 Å². The lowest BCUT2D eigenvalue weighted by Gasteiger charge is -2.01. The molecule has 0 aromatic carbocycles. The van der Waals surface area contributed by atoms with Gasteiger partial charge in [-0.3, -0.25) is 4.72 Å². The number of hydrogen-bond acceptors (Lipinski definition) is 4. The quantitative estimate of drug-likeness (QED) is 0.763. The van der Waals surface area contributed by atoms with Gasteiger partial charge in [-0.25, -0.2) is 8.42 Å². The maximum absolute atomic E-state index is 11.1. The Morgan fingerprint density at radius 3 is 2.92 bits per heavy atom. The molecule has 0 fully saturated rings. The Morgan fingerprint density at radius 1 is 1.67 bits per heavy atom. The number of hydrogen-bond donors (Lipinski definition) is 1. The topological polar surface area (TPSA) is 72.2 Å². The Hall–Kier alpha value is -1.04. The molecule has 1 N–H and O–H groups in total. The first-order valence-corrected chi connectivity index (χ1v) is 5.20. The summed E-state index contributed by atoms with van der Waals surface area (Å²) >= 11 is 0. The highest BCUT2D eigenvalue weighted by Gasteiger charge is 2.09. The third-order valence-electron chi connectivity index (χ3n) is 1.17. The zero-order valence-electron chi connectivity index (χ0n) is 6.65. The summed E-state index contributed by atoms with van der Waals surface area (Å²) < 4.78 is 28.9. The van der Waals surface area contributed by atoms with Crippen molar-refractivity contribution < 1.29 is 12.9 Å². The molecular weight excluding hydrogens is 180 g/mol. The molecule has 12 heavy (non-hydrogen) atoms. The predicted molar refractivity (Wildman–Crippen MR) is 44.2 cm³/mol. The standard InChI is InChI=1S/C6H10N2O3S/c1-2-5-12(9,10)8-6-3-4-11-7-6/h3-4H,2,5H2,1H3,(H,7,8). The van der Waals surface area contributed by atoms with Crippen LogP contribution < -0.4 is 4.72 Å². The fourth-order valence-electron chi connectivity index (χ4n) is 0.744. The summed E-state index contributed by atoms with van der Waals surface area (Å²) in [6.45, 7) is 1.79. The van der Waals surface area contributed by atoms with E-state index >= 15 is 0 Å². The highest BCUT2D eigenvalue weighted by atomic mass is 32.2. The van der Waals surface area contributed by atoms with Gasteiger partial charge in [-0.05, 0) is 6.42 Å². The van der Waals surface area contributed by atoms with Gasteiger partial charge in [0.1, 0.15) is 6.26 Å². The van der Waals surface area contributed by atoms with Gasteiger partial charge < -0.3 is 4.52 Å². The molecule has 6 heteroatoms. The fourth-order valence-corrected chi connectivity index (χ4v) is 1.81. The van der Waals surface area contributed by atoms with Gasteiger partial charge in [0.15, 0.2) is 5.82 Å². The van der Waals surface area contributed by atoms with E-state index in [0.29, 0.717) is 6.42 Å². The lowest BCUT2D eigenvalue weighted by atomic mass is 10.6. The van der Waals surface area contributed by atoms with Crippen LogP contribution in [-0.2, 0) is 10.0 Å². The molecule has 0 aliphatic heterocycles. The molecule has 1 aromatic rings. The SMILES string of the molecule is CCCS(=O)(=O)Nc1ccon1. The molecule has 0 aliphatic carbocycles. The number of nitrogens with zero attached hydrogens (tertiary/aromatic N) is 1. The van der Waals surface area contributed by atoms with Gasteiger partial charge in [-0.2, -0.15) is 0 Å². The van der Waals surface area contributed by atoms with Crippen LogP contribution in [0.4, 0.5) is 5.82 Å². The van der Waals surface area contributed by atoms with Crippen molar-refractivity contribution in [2.45, 2.75) is 13.3 Å². The Morgan fingerprint density at radius 2 is 2.42 bits per heavy atom. The molecule has 0 saturated carbocycles. The Labute approximate surface area is 70.8 Å². The van der Waals surface area contributed by atoms with Crippen molar-refractivity contribution in [3.8, 4) is 0 Å². The predicted octanol–water partition coefficient (Wildman–Crippen LogP) is 0.826. The van der Waals surface area contributed by atoms with E-state index < -0.39 is 10.0 Å². The van der Waals surface area contributed by atoms with Crippen molar-refractivity contribution in [3.05, 3.63) is 12.3 Å². The molecule has 0 aliphatic rings. The summed E-state index contributed by atoms with van der Waals surface area (Å²) in [5.41, 5.74) is 0. The van der Waals surface area contributed by atoms with Gasteiger partial charge in [-0.15, -0.1) is 0 Å². The molecule has 1 heterocycles. The van der Waals surface area contributed by atoms with Crippen molar-refractivity contribution >= 4 is 15.8 Å². The minimum absolute atomic E-state index is 0.0971. The third kappa shape index (κ3) is 2.54. The molecule has 0 saturated heterocycles. The summed E-state index contributed by atoms with van der Waals surface area (Å²) in [6.07, 6.45) is 1.89. The van der Waals surface area contributed by atoms with E-state index in [1.54, 1.807) is 6.92 Å². The summed E-state index contributed by atoms with van der Waals surface area (Å²) in [7, 11) is -3.23. The first-order chi connectivity index (χ1) is 5.64. The highest BCUT2D eigenvalue weighted by molar-refractivity contribution is 7.92. The summed E-state index contributed by atoms with van der Waals surface area (Å²) in [6, 6.07) is 1.45. The second-order valence-electron chi connectivity index (χ2n) is 2.31. The number of nitrogens with one attached hydrogen (secondary N) is 1. The Balaban J connectivity index is 2.63. The van der Waals surface area contributed by atoms with Crippen LogP contribution in [0.1, 0.15) is 13.3 Å². The summed E-state index contributed by atoms with van der Waals surface area (Å²) in [5, 5.41) is 3.42. The van der Waals surface area contributed by atoms with E-state index in [9.17, 15) is 8.42 Å². The van der Waals surface area contributed by atoms with Crippen molar-refractivity contribution in [2.24, 2.45) is 0 Å². The fraction of sp³-hybridized carbons (Fsp3) is 0.500. The van der Waals surface area contributed by atoms with E-state index in [0.717, 1.165) is 0 Å². The summed E-state index contributed by atoms with van der Waals surface area (Å²) in [4.78, 5) is 0. The second-order valence-corrected chi connectivity index (χ2v) is 4.15. The molecule has 1 rings (SSSR count). The maximum atomic E-state index is 11.1. The van der Waals surface area contributed by atoms with E-state index in [2.05, 4.69) is 14.4 Å². The second kappa shape index (κ2) is 3.57. The molecule has 68 valence electrons. The number of sulfonamides is 1. The van der Waals surface area contributed by atoms with E-state index in [1.165, 1.54) is 12.3 Å². The van der Waals surface area contributed by atoms with Gasteiger partial charge in [0, 0.05) is 6.07 Å². The number of rotatable bonds is 4. The maximum Gasteiger partial charge on any atom is 0.233 e. The van der Waals surface area contributed by atoms with Gasteiger partial charge in [0.05, 0.1) is 5.75 Å². The van der Waals surface area contributed by atoms with E-state index in [1.807, 2.05) is 0 Å². The zero-order chi connectivity index (χ0) is 9.03. The van der Waals surface area contributed by atoms with Crippen molar-refractivity contribution in [1.82, 2.24) is 5.16 Å². The Bertz CT molecular complexity index is 317. The largest absolute Gasteiger partial charge is 0.363 e. The van der Waals surface area contributed by atoms with Crippen molar-refractivity contribution in [3.63, 3.8) is 0 Å². The van der Waals surface area contributed by atoms with Crippen LogP contribution in [0.25, 0.3) is 0 Å². The first kappa shape index (κ1) is 9.05. The molecule has 1 aromatic heterocycles. The average molecular weight is 190 g/mol. The lowest BCUT2D eigenvalue weighted by Crippen LogP contribution is -2.16. The highest BCUT2D eigenvalue weighted by Crippen LogP contribution is 2.04. The number of anilines is 1. The Kier molecular flexibility index (Phi) is 2.69. The molecular formula is C6H10N2O3S. The first-order valence-electron chi connectivity index (χ1n) is 3.55. The summed E-state index contributed by atoms with van der Waals surface area (Å²) in [5.74, 6) is 0.322. The average Bonchev–Trinajstić information content (AvgIpc) is 2.38. The van der Waals surface area contributed by atoms with Gasteiger partial charge in [-0.1, -0.05) is 12.1 Å². The molecule has 5 nitrogen and oxygen atoms in total. The normalized spacial score (nSPS) is 11.4.